The fourth-order valence-corrected chi connectivity index (χ4v) is 5.99. The van der Waals surface area contributed by atoms with E-state index in [1.807, 2.05) is 48.1 Å². The molecule has 1 saturated heterocycles. The summed E-state index contributed by atoms with van der Waals surface area (Å²) in [6.07, 6.45) is 8.49. The molecule has 0 saturated carbocycles. The molecule has 1 aromatic carbocycles. The van der Waals surface area contributed by atoms with Crippen LogP contribution in [0.5, 0.6) is 5.75 Å². The first-order valence-corrected chi connectivity index (χ1v) is 13.1. The smallest absolute Gasteiger partial charge is 0.128 e. The molecule has 0 amide bonds. The van der Waals surface area contributed by atoms with Crippen molar-refractivity contribution in [3.8, 4) is 27.6 Å². The summed E-state index contributed by atoms with van der Waals surface area (Å²) in [7, 11) is 0. The number of nitrogens with zero attached hydrogens (tertiary/aromatic N) is 6. The Hall–Kier alpha value is -3.36. The summed E-state index contributed by atoms with van der Waals surface area (Å²) >= 11 is 1.66. The van der Waals surface area contributed by atoms with Gasteiger partial charge in [0.2, 0.25) is 0 Å². The molecule has 6 rings (SSSR count). The van der Waals surface area contributed by atoms with Crippen LogP contribution in [0, 0.1) is 6.92 Å². The minimum atomic E-state index is 0. The van der Waals surface area contributed by atoms with Crippen molar-refractivity contribution in [3.63, 3.8) is 0 Å². The number of likely N-dealkylation sites (tertiary alicyclic amines) is 1. The number of pyridine rings is 1. The second-order valence-corrected chi connectivity index (χ2v) is 10.0. The number of benzene rings is 1. The number of thiazole rings is 1. The van der Waals surface area contributed by atoms with E-state index in [1.165, 1.54) is 32.4 Å². The zero-order chi connectivity index (χ0) is 23.6. The van der Waals surface area contributed by atoms with Gasteiger partial charge < -0.3 is 4.74 Å². The zero-order valence-electron chi connectivity index (χ0n) is 19.9. The molecular weight excluding hydrogens is 468 g/mol. The maximum atomic E-state index is 6.16. The molecule has 4 aromatic rings. The highest BCUT2D eigenvalue weighted by molar-refractivity contribution is 7.17. The highest BCUT2D eigenvalue weighted by Crippen LogP contribution is 2.39. The molecule has 0 spiro atoms. The molecule has 0 unspecified atom stereocenters. The molecular formula is C28H32N6OS. The predicted molar refractivity (Wildman–Crippen MR) is 149 cm³/mol. The van der Waals surface area contributed by atoms with E-state index < -0.39 is 0 Å². The van der Waals surface area contributed by atoms with Gasteiger partial charge in [0, 0.05) is 37.0 Å². The highest BCUT2D eigenvalue weighted by Gasteiger charge is 2.23. The van der Waals surface area contributed by atoms with Crippen LogP contribution in [-0.2, 0) is 0 Å². The van der Waals surface area contributed by atoms with Crippen LogP contribution >= 0.6 is 11.3 Å². The van der Waals surface area contributed by atoms with Gasteiger partial charge in [0.05, 0.1) is 33.1 Å². The van der Waals surface area contributed by atoms with E-state index in [2.05, 4.69) is 33.3 Å². The Morgan fingerprint density at radius 3 is 2.67 bits per heavy atom. The Kier molecular flexibility index (Phi) is 7.25. The Balaban J connectivity index is 0.00000267. The van der Waals surface area contributed by atoms with Crippen molar-refractivity contribution in [2.45, 2.75) is 40.0 Å². The van der Waals surface area contributed by atoms with E-state index in [4.69, 9.17) is 14.8 Å². The Morgan fingerprint density at radius 2 is 1.89 bits per heavy atom. The molecule has 0 atom stereocenters. The molecule has 5 heterocycles. The summed E-state index contributed by atoms with van der Waals surface area (Å²) in [6, 6.07) is 14.4. The zero-order valence-corrected chi connectivity index (χ0v) is 20.7. The monoisotopic (exact) mass is 500 g/mol. The van der Waals surface area contributed by atoms with Gasteiger partial charge in [-0.05, 0) is 38.9 Å². The number of aromatic nitrogens is 3. The quantitative estimate of drug-likeness (QED) is 0.307. The van der Waals surface area contributed by atoms with Gasteiger partial charge in [-0.3, -0.25) is 4.90 Å². The van der Waals surface area contributed by atoms with E-state index in [0.717, 1.165) is 62.3 Å². The first-order chi connectivity index (χ1) is 17.3. The second-order valence-electron chi connectivity index (χ2n) is 9.02. The Morgan fingerprint density at radius 1 is 1.06 bits per heavy atom. The molecule has 0 radical (unpaired) electrons. The van der Waals surface area contributed by atoms with Gasteiger partial charge in [-0.25, -0.2) is 9.50 Å². The van der Waals surface area contributed by atoms with Crippen LogP contribution in [0.2, 0.25) is 0 Å². The average molecular weight is 501 g/mol. The van der Waals surface area contributed by atoms with Gasteiger partial charge in [0.25, 0.3) is 0 Å². The van der Waals surface area contributed by atoms with Crippen molar-refractivity contribution >= 4 is 28.8 Å². The third kappa shape index (κ3) is 4.83. The number of ether oxygens (including phenoxy) is 1. The molecule has 2 aliphatic heterocycles. The molecule has 0 bridgehead atoms. The fourth-order valence-electron chi connectivity index (χ4n) is 4.80. The van der Waals surface area contributed by atoms with Crippen molar-refractivity contribution in [2.24, 2.45) is 10.2 Å². The largest absolute Gasteiger partial charge is 0.492 e. The lowest BCUT2D eigenvalue weighted by atomic mass is 10.1. The number of hydrogen-bond donors (Lipinski definition) is 0. The predicted octanol–water partition coefficient (Wildman–Crippen LogP) is 6.11. The third-order valence-corrected chi connectivity index (χ3v) is 7.72. The lowest BCUT2D eigenvalue weighted by molar-refractivity contribution is 0.183. The topological polar surface area (TPSA) is 67.4 Å². The summed E-state index contributed by atoms with van der Waals surface area (Å²) in [5.41, 5.74) is 5.98. The molecule has 2 aliphatic rings. The molecule has 7 nitrogen and oxygen atoms in total. The summed E-state index contributed by atoms with van der Waals surface area (Å²) in [5, 5.41) is 14.2. The van der Waals surface area contributed by atoms with Crippen LogP contribution in [0.25, 0.3) is 27.3 Å². The van der Waals surface area contributed by atoms with Gasteiger partial charge in [0.15, 0.2) is 0 Å². The van der Waals surface area contributed by atoms with Crippen molar-refractivity contribution in [3.05, 3.63) is 59.2 Å². The van der Waals surface area contributed by atoms with Crippen LogP contribution in [0.15, 0.2) is 58.9 Å². The van der Waals surface area contributed by atoms with Crippen molar-refractivity contribution in [2.75, 3.05) is 26.2 Å². The molecule has 3 aromatic heterocycles. The van der Waals surface area contributed by atoms with Crippen LogP contribution < -0.4 is 4.74 Å². The van der Waals surface area contributed by atoms with Gasteiger partial charge in [0.1, 0.15) is 17.4 Å². The standard InChI is InChI=1S/C27H28N6OS.CH4/c1-19-24(23-18-21(11-15-33(23)31-19)34-17-16-32-13-6-3-7-14-32)27-29-25(20-8-4-2-5-9-20)26(35-27)22-10-12-28-30-22;/h2,4-5,8-9,11-12,15,18H,3,6-7,10,13-14,16-17H2,1H3;1H4. The van der Waals surface area contributed by atoms with E-state index in [1.54, 1.807) is 11.3 Å². The van der Waals surface area contributed by atoms with E-state index in [9.17, 15) is 0 Å². The average Bonchev–Trinajstić information content (AvgIpc) is 3.63. The maximum absolute atomic E-state index is 6.16. The van der Waals surface area contributed by atoms with E-state index in [0.29, 0.717) is 6.61 Å². The second kappa shape index (κ2) is 10.7. The lowest BCUT2D eigenvalue weighted by Crippen LogP contribution is -2.33. The number of aryl methyl sites for hydroxylation is 1. The van der Waals surface area contributed by atoms with Crippen molar-refractivity contribution in [1.82, 2.24) is 19.5 Å². The van der Waals surface area contributed by atoms with Crippen molar-refractivity contribution in [1.29, 1.82) is 0 Å². The SMILES string of the molecule is C.Cc1nn2ccc(OCCN3CCCCC3)cc2c1-c1nc(-c2ccccc2)c(C2=NN=CC2)s1. The molecule has 1 fully saturated rings. The Bertz CT molecular complexity index is 1400. The summed E-state index contributed by atoms with van der Waals surface area (Å²) < 4.78 is 8.08. The number of piperidine rings is 1. The minimum absolute atomic E-state index is 0. The number of rotatable bonds is 7. The summed E-state index contributed by atoms with van der Waals surface area (Å²) in [6.45, 7) is 6.06. The molecule has 0 N–H and O–H groups in total. The van der Waals surface area contributed by atoms with Gasteiger partial charge in [-0.2, -0.15) is 15.3 Å². The van der Waals surface area contributed by atoms with Crippen LogP contribution in [0.3, 0.4) is 0 Å². The minimum Gasteiger partial charge on any atom is -0.492 e. The van der Waals surface area contributed by atoms with Gasteiger partial charge in [-0.15, -0.1) is 11.3 Å². The van der Waals surface area contributed by atoms with E-state index >= 15 is 0 Å². The van der Waals surface area contributed by atoms with Gasteiger partial charge in [-0.1, -0.05) is 44.2 Å². The fraction of sp³-hybridized carbons (Fsp3) is 0.357. The lowest BCUT2D eigenvalue weighted by Gasteiger charge is -2.26. The van der Waals surface area contributed by atoms with Gasteiger partial charge >= 0.3 is 0 Å². The molecule has 186 valence electrons. The Labute approximate surface area is 216 Å². The third-order valence-electron chi connectivity index (χ3n) is 6.60. The maximum Gasteiger partial charge on any atom is 0.128 e. The first kappa shape index (κ1) is 24.3. The molecule has 36 heavy (non-hydrogen) atoms. The highest BCUT2D eigenvalue weighted by atomic mass is 32.1. The van der Waals surface area contributed by atoms with Crippen molar-refractivity contribution < 1.29 is 4.74 Å². The number of hydrogen-bond acceptors (Lipinski definition) is 7. The normalized spacial score (nSPS) is 15.8. The summed E-state index contributed by atoms with van der Waals surface area (Å²) in [5.74, 6) is 0.865. The van der Waals surface area contributed by atoms with E-state index in [-0.39, 0.29) is 7.43 Å². The first-order valence-electron chi connectivity index (χ1n) is 12.3. The number of fused-ring (bicyclic) bond motifs is 1. The molecule has 0 aliphatic carbocycles. The van der Waals surface area contributed by atoms with Crippen LogP contribution in [0.1, 0.15) is 43.7 Å². The molecule has 8 heteroatoms. The summed E-state index contributed by atoms with van der Waals surface area (Å²) in [4.78, 5) is 8.67. The van der Waals surface area contributed by atoms with Crippen LogP contribution in [0.4, 0.5) is 0 Å². The van der Waals surface area contributed by atoms with Crippen LogP contribution in [-0.4, -0.2) is 57.7 Å².